The predicted octanol–water partition coefficient (Wildman–Crippen LogP) is 7.15. The Bertz CT molecular complexity index is 1420. The molecule has 0 radical (unpaired) electrons. The fourth-order valence-corrected chi connectivity index (χ4v) is 7.18. The maximum absolute atomic E-state index is 12.4. The van der Waals surface area contributed by atoms with Gasteiger partial charge in [0.2, 0.25) is 0 Å². The van der Waals surface area contributed by atoms with Gasteiger partial charge in [0.1, 0.15) is 16.9 Å². The largest absolute Gasteiger partial charge is 0.490 e. The second kappa shape index (κ2) is 11.1. The number of urea groups is 1. The highest BCUT2D eigenvalue weighted by Gasteiger charge is 2.31. The van der Waals surface area contributed by atoms with Crippen LogP contribution in [0.5, 0.6) is 5.75 Å². The van der Waals surface area contributed by atoms with E-state index in [1.54, 1.807) is 0 Å². The molecule has 1 atom stereocenters. The van der Waals surface area contributed by atoms with Crippen molar-refractivity contribution in [3.63, 3.8) is 0 Å². The number of rotatable bonds is 7. The number of benzene rings is 2. The summed E-state index contributed by atoms with van der Waals surface area (Å²) in [5.41, 5.74) is 5.65. The zero-order valence-corrected chi connectivity index (χ0v) is 24.0. The molecule has 2 saturated carbocycles. The highest BCUT2D eigenvalue weighted by atomic mass is 32.2. The number of ether oxygens (including phenoxy) is 2. The number of amides is 2. The van der Waals surface area contributed by atoms with E-state index in [2.05, 4.69) is 52.5 Å². The zero-order valence-electron chi connectivity index (χ0n) is 23.2. The van der Waals surface area contributed by atoms with Crippen LogP contribution in [-0.2, 0) is 4.74 Å². The zero-order chi connectivity index (χ0) is 27.1. The van der Waals surface area contributed by atoms with Crippen LogP contribution in [-0.4, -0.2) is 52.8 Å². The number of carbonyl (C=O) groups excluding carboxylic acids is 1. The van der Waals surface area contributed by atoms with Crippen molar-refractivity contribution in [3.05, 3.63) is 48.0 Å². The van der Waals surface area contributed by atoms with E-state index in [-0.39, 0.29) is 12.1 Å². The fraction of sp³-hybridized carbons (Fsp3) is 0.500. The molecule has 1 saturated heterocycles. The quantitative estimate of drug-likeness (QED) is 0.323. The van der Waals surface area contributed by atoms with Gasteiger partial charge in [-0.3, -0.25) is 4.99 Å². The first-order chi connectivity index (χ1) is 19.6. The molecule has 0 bridgehead atoms. The molecule has 2 aliphatic heterocycles. The number of fused-ring (bicyclic) bond motifs is 1. The fourth-order valence-electron chi connectivity index (χ4n) is 6.10. The van der Waals surface area contributed by atoms with Crippen LogP contribution in [0, 0.1) is 0 Å². The number of aliphatic imine (C=N–C) groups is 1. The van der Waals surface area contributed by atoms with Crippen LogP contribution < -0.4 is 15.4 Å². The number of carbonyl (C=O) groups is 1. The molecule has 2 amide bonds. The third kappa shape index (κ3) is 5.12. The maximum atomic E-state index is 12.4. The summed E-state index contributed by atoms with van der Waals surface area (Å²) < 4.78 is 14.6. The van der Waals surface area contributed by atoms with Crippen LogP contribution in [0.2, 0.25) is 0 Å². The minimum absolute atomic E-state index is 0.121. The molecular weight excluding hydrogens is 520 g/mol. The first kappa shape index (κ1) is 26.0. The number of nitrogens with one attached hydrogen (secondary N) is 2. The lowest BCUT2D eigenvalue weighted by Crippen LogP contribution is -2.41. The molecule has 1 aromatic heterocycles. The summed E-state index contributed by atoms with van der Waals surface area (Å²) in [6.45, 7) is 3.73. The molecule has 1 unspecified atom stereocenters. The van der Waals surface area contributed by atoms with Crippen molar-refractivity contribution < 1.29 is 14.3 Å². The monoisotopic (exact) mass is 558 g/mol. The Labute approximate surface area is 240 Å². The lowest BCUT2D eigenvalue weighted by molar-refractivity contribution is 0.0256. The molecule has 7 rings (SSSR count). The maximum Gasteiger partial charge on any atom is 0.319 e. The van der Waals surface area contributed by atoms with E-state index in [9.17, 15) is 4.79 Å². The number of anilines is 1. The first-order valence-electron chi connectivity index (χ1n) is 14.9. The van der Waals surface area contributed by atoms with Gasteiger partial charge in [-0.05, 0) is 75.3 Å². The standard InChI is InChI=1S/C32H38N4O3S/c1-20-19-40-31(33-20)29-27-13-12-26(39-25-14-16-38-17-15-25)18-28(27)36(24-6-3-7-24)30(29)21-8-10-23(11-9-21)35-32(37)34-22-4-2-5-22/h8-13,18,20,22,24-25H,2-7,14-17,19H2,1H3,(H2,34,35,37). The van der Waals surface area contributed by atoms with Gasteiger partial charge < -0.3 is 24.7 Å². The van der Waals surface area contributed by atoms with Crippen molar-refractivity contribution in [1.29, 1.82) is 0 Å². The Morgan fingerprint density at radius 1 is 1.02 bits per heavy atom. The predicted molar refractivity (Wildman–Crippen MR) is 163 cm³/mol. The van der Waals surface area contributed by atoms with Gasteiger partial charge in [0.25, 0.3) is 0 Å². The molecule has 8 heteroatoms. The summed E-state index contributed by atoms with van der Waals surface area (Å²) in [5, 5.41) is 8.45. The minimum Gasteiger partial charge on any atom is -0.490 e. The highest BCUT2D eigenvalue weighted by Crippen LogP contribution is 2.46. The van der Waals surface area contributed by atoms with Crippen molar-refractivity contribution in [2.45, 2.75) is 82.5 Å². The van der Waals surface area contributed by atoms with Crippen LogP contribution >= 0.6 is 11.8 Å². The van der Waals surface area contributed by atoms with Crippen LogP contribution in [0.15, 0.2) is 47.5 Å². The second-order valence-electron chi connectivity index (χ2n) is 11.7. The van der Waals surface area contributed by atoms with E-state index in [1.165, 1.54) is 47.8 Å². The first-order valence-corrected chi connectivity index (χ1v) is 15.9. The normalized spacial score (nSPS) is 22.0. The summed E-state index contributed by atoms with van der Waals surface area (Å²) in [7, 11) is 0. The molecular formula is C32H38N4O3S. The number of hydrogen-bond donors (Lipinski definition) is 2. The van der Waals surface area contributed by atoms with Crippen molar-refractivity contribution in [1.82, 2.24) is 9.88 Å². The highest BCUT2D eigenvalue weighted by molar-refractivity contribution is 8.14. The average molecular weight is 559 g/mol. The summed E-state index contributed by atoms with van der Waals surface area (Å²) in [6, 6.07) is 15.9. The SMILES string of the molecule is CC1CSC(c2c(-c3ccc(NC(=O)NC4CCC4)cc3)n(C3CCC3)c3cc(OC4CCOCC4)ccc23)=N1. The smallest absolute Gasteiger partial charge is 0.319 e. The van der Waals surface area contributed by atoms with Gasteiger partial charge in [0.15, 0.2) is 0 Å². The summed E-state index contributed by atoms with van der Waals surface area (Å²) in [6.07, 6.45) is 9.02. The Morgan fingerprint density at radius 2 is 1.80 bits per heavy atom. The van der Waals surface area contributed by atoms with Gasteiger partial charge in [-0.15, -0.1) is 11.8 Å². The molecule has 2 aromatic carbocycles. The molecule has 210 valence electrons. The number of nitrogens with zero attached hydrogens (tertiary/aromatic N) is 2. The van der Waals surface area contributed by atoms with E-state index in [0.29, 0.717) is 18.1 Å². The lowest BCUT2D eigenvalue weighted by Gasteiger charge is -2.30. The molecule has 2 aliphatic carbocycles. The third-order valence-electron chi connectivity index (χ3n) is 8.76. The Balaban J connectivity index is 1.28. The van der Waals surface area contributed by atoms with E-state index >= 15 is 0 Å². The molecule has 3 fully saturated rings. The molecule has 0 spiro atoms. The van der Waals surface area contributed by atoms with Crippen molar-refractivity contribution >= 4 is 39.4 Å². The topological polar surface area (TPSA) is 76.9 Å². The Hall–Kier alpha value is -2.97. The molecule has 4 aliphatic rings. The van der Waals surface area contributed by atoms with E-state index in [0.717, 1.165) is 66.7 Å². The number of hydrogen-bond acceptors (Lipinski definition) is 5. The van der Waals surface area contributed by atoms with Crippen molar-refractivity contribution in [2.24, 2.45) is 4.99 Å². The van der Waals surface area contributed by atoms with Crippen LogP contribution in [0.25, 0.3) is 22.2 Å². The van der Waals surface area contributed by atoms with Crippen LogP contribution in [0.1, 0.15) is 69.9 Å². The molecule has 40 heavy (non-hydrogen) atoms. The minimum atomic E-state index is -0.121. The Morgan fingerprint density at radius 3 is 2.45 bits per heavy atom. The van der Waals surface area contributed by atoms with E-state index < -0.39 is 0 Å². The second-order valence-corrected chi connectivity index (χ2v) is 12.7. The third-order valence-corrected chi connectivity index (χ3v) is 9.99. The summed E-state index contributed by atoms with van der Waals surface area (Å²) in [5.74, 6) is 1.94. The molecule has 7 nitrogen and oxygen atoms in total. The summed E-state index contributed by atoms with van der Waals surface area (Å²) in [4.78, 5) is 17.5. The van der Waals surface area contributed by atoms with Crippen LogP contribution in [0.4, 0.5) is 10.5 Å². The summed E-state index contributed by atoms with van der Waals surface area (Å²) >= 11 is 1.86. The Kier molecular flexibility index (Phi) is 7.22. The van der Waals surface area contributed by atoms with E-state index in [1.807, 2.05) is 23.9 Å². The lowest BCUT2D eigenvalue weighted by atomic mass is 9.92. The average Bonchev–Trinajstić information content (AvgIpc) is 3.47. The van der Waals surface area contributed by atoms with Crippen LogP contribution in [0.3, 0.4) is 0 Å². The van der Waals surface area contributed by atoms with Gasteiger partial charge in [0.05, 0.1) is 30.5 Å². The van der Waals surface area contributed by atoms with Crippen molar-refractivity contribution in [2.75, 3.05) is 24.3 Å². The van der Waals surface area contributed by atoms with Gasteiger partial charge >= 0.3 is 6.03 Å². The van der Waals surface area contributed by atoms with Crippen molar-refractivity contribution in [3.8, 4) is 17.0 Å². The van der Waals surface area contributed by atoms with Gasteiger partial charge in [0, 0.05) is 53.4 Å². The number of aromatic nitrogens is 1. The molecule has 2 N–H and O–H groups in total. The van der Waals surface area contributed by atoms with E-state index in [4.69, 9.17) is 14.5 Å². The van der Waals surface area contributed by atoms with Gasteiger partial charge in [-0.1, -0.05) is 12.1 Å². The van der Waals surface area contributed by atoms with Gasteiger partial charge in [-0.2, -0.15) is 0 Å². The van der Waals surface area contributed by atoms with Gasteiger partial charge in [-0.25, -0.2) is 4.79 Å². The molecule has 3 heterocycles. The molecule has 3 aromatic rings. The number of thioether (sulfide) groups is 1.